The Hall–Kier alpha value is -2.11. The Morgan fingerprint density at radius 2 is 2.20 bits per heavy atom. The Morgan fingerprint density at radius 1 is 1.45 bits per heavy atom. The Morgan fingerprint density at radius 3 is 2.75 bits per heavy atom. The number of aliphatic carboxylic acids is 1. The minimum absolute atomic E-state index is 0.219. The van der Waals surface area contributed by atoms with Crippen LogP contribution in [0.5, 0.6) is 0 Å². The third-order valence-electron chi connectivity index (χ3n) is 4.03. The standard InChI is InChI=1S/C14H18N2O4/c1-2-14(13(19)20)6-3-7-16(9-14)12(18)10-4-5-11(17)15-8-10/h4-5,8H,2-3,6-7,9H2,1H3,(H,15,17)(H,19,20). The summed E-state index contributed by atoms with van der Waals surface area (Å²) in [5.74, 6) is -1.08. The first-order chi connectivity index (χ1) is 9.48. The molecule has 108 valence electrons. The number of aromatic amines is 1. The largest absolute Gasteiger partial charge is 0.481 e. The molecule has 1 saturated heterocycles. The van der Waals surface area contributed by atoms with Crippen molar-refractivity contribution in [1.82, 2.24) is 9.88 Å². The summed E-state index contributed by atoms with van der Waals surface area (Å²) < 4.78 is 0. The lowest BCUT2D eigenvalue weighted by Crippen LogP contribution is -2.49. The van der Waals surface area contributed by atoms with Crippen LogP contribution in [0.3, 0.4) is 0 Å². The number of carboxylic acid groups (broad SMARTS) is 1. The van der Waals surface area contributed by atoms with Crippen molar-refractivity contribution in [2.24, 2.45) is 5.41 Å². The predicted molar refractivity (Wildman–Crippen MR) is 72.6 cm³/mol. The van der Waals surface area contributed by atoms with E-state index in [4.69, 9.17) is 0 Å². The van der Waals surface area contributed by atoms with Crippen LogP contribution in [-0.2, 0) is 4.79 Å². The number of amides is 1. The van der Waals surface area contributed by atoms with Crippen molar-refractivity contribution >= 4 is 11.9 Å². The molecule has 0 bridgehead atoms. The fraction of sp³-hybridized carbons (Fsp3) is 0.500. The summed E-state index contributed by atoms with van der Waals surface area (Å²) in [4.78, 5) is 38.8. The zero-order valence-electron chi connectivity index (χ0n) is 11.4. The molecular formula is C14H18N2O4. The number of hydrogen-bond donors (Lipinski definition) is 2. The number of carbonyl (C=O) groups is 2. The minimum Gasteiger partial charge on any atom is -0.481 e. The molecule has 1 aromatic heterocycles. The van der Waals surface area contributed by atoms with Gasteiger partial charge in [0.25, 0.3) is 5.91 Å². The molecule has 1 atom stereocenters. The zero-order valence-corrected chi connectivity index (χ0v) is 11.4. The number of hydrogen-bond acceptors (Lipinski definition) is 3. The second-order valence-electron chi connectivity index (χ2n) is 5.21. The molecule has 1 aromatic rings. The molecule has 0 spiro atoms. The van der Waals surface area contributed by atoms with E-state index in [1.54, 1.807) is 4.90 Å². The highest BCUT2D eigenvalue weighted by atomic mass is 16.4. The first kappa shape index (κ1) is 14.3. The second kappa shape index (κ2) is 5.48. The number of rotatable bonds is 3. The molecule has 6 nitrogen and oxygen atoms in total. The maximum atomic E-state index is 12.3. The van der Waals surface area contributed by atoms with Crippen molar-refractivity contribution in [1.29, 1.82) is 0 Å². The molecule has 2 rings (SSSR count). The van der Waals surface area contributed by atoms with Crippen molar-refractivity contribution in [3.8, 4) is 0 Å². The number of aromatic nitrogens is 1. The lowest BCUT2D eigenvalue weighted by Gasteiger charge is -2.39. The van der Waals surface area contributed by atoms with Crippen LogP contribution in [0.4, 0.5) is 0 Å². The Bertz CT molecular complexity index is 560. The zero-order chi connectivity index (χ0) is 14.8. The van der Waals surface area contributed by atoms with Gasteiger partial charge < -0.3 is 15.0 Å². The summed E-state index contributed by atoms with van der Waals surface area (Å²) in [6, 6.07) is 2.76. The second-order valence-corrected chi connectivity index (χ2v) is 5.21. The van der Waals surface area contributed by atoms with Gasteiger partial charge in [-0.15, -0.1) is 0 Å². The summed E-state index contributed by atoms with van der Waals surface area (Å²) in [5, 5.41) is 9.41. The van der Waals surface area contributed by atoms with E-state index in [2.05, 4.69) is 4.98 Å². The summed E-state index contributed by atoms with van der Waals surface area (Å²) >= 11 is 0. The number of carbonyl (C=O) groups excluding carboxylic acids is 1. The molecule has 1 aliphatic rings. The maximum Gasteiger partial charge on any atom is 0.311 e. The molecule has 1 unspecified atom stereocenters. The van der Waals surface area contributed by atoms with Gasteiger partial charge in [0.05, 0.1) is 11.0 Å². The van der Waals surface area contributed by atoms with Crippen LogP contribution >= 0.6 is 0 Å². The SMILES string of the molecule is CCC1(C(=O)O)CCCN(C(=O)c2ccc(=O)[nH]c2)C1. The Balaban J connectivity index is 2.20. The molecule has 2 N–H and O–H groups in total. The van der Waals surface area contributed by atoms with E-state index < -0.39 is 11.4 Å². The fourth-order valence-electron chi connectivity index (χ4n) is 2.65. The summed E-state index contributed by atoms with van der Waals surface area (Å²) in [7, 11) is 0. The average Bonchev–Trinajstić information content (AvgIpc) is 2.47. The van der Waals surface area contributed by atoms with Gasteiger partial charge in [0.1, 0.15) is 0 Å². The number of nitrogens with one attached hydrogen (secondary N) is 1. The molecule has 6 heteroatoms. The van der Waals surface area contributed by atoms with Gasteiger partial charge in [-0.1, -0.05) is 6.92 Å². The van der Waals surface area contributed by atoms with Gasteiger partial charge in [0.15, 0.2) is 0 Å². The normalized spacial score (nSPS) is 22.6. The predicted octanol–water partition coefficient (Wildman–Crippen LogP) is 1.09. The molecule has 20 heavy (non-hydrogen) atoms. The van der Waals surface area contributed by atoms with E-state index in [0.717, 1.165) is 0 Å². The van der Waals surface area contributed by atoms with Crippen LogP contribution < -0.4 is 5.56 Å². The maximum absolute atomic E-state index is 12.3. The van der Waals surface area contributed by atoms with Gasteiger partial charge in [-0.2, -0.15) is 0 Å². The van der Waals surface area contributed by atoms with Crippen molar-refractivity contribution < 1.29 is 14.7 Å². The first-order valence-electron chi connectivity index (χ1n) is 6.70. The van der Waals surface area contributed by atoms with E-state index in [1.807, 2.05) is 6.92 Å². The van der Waals surface area contributed by atoms with Crippen LogP contribution in [0, 0.1) is 5.41 Å². The molecule has 1 fully saturated rings. The average molecular weight is 278 g/mol. The Kier molecular flexibility index (Phi) is 3.92. The van der Waals surface area contributed by atoms with Crippen LogP contribution in [0.1, 0.15) is 36.5 Å². The van der Waals surface area contributed by atoms with Crippen molar-refractivity contribution in [3.05, 3.63) is 34.2 Å². The molecule has 1 aliphatic heterocycles. The molecule has 0 aliphatic carbocycles. The molecular weight excluding hydrogens is 260 g/mol. The fourth-order valence-corrected chi connectivity index (χ4v) is 2.65. The quantitative estimate of drug-likeness (QED) is 0.866. The molecule has 0 saturated carbocycles. The molecule has 0 radical (unpaired) electrons. The highest BCUT2D eigenvalue weighted by Gasteiger charge is 2.42. The number of likely N-dealkylation sites (tertiary alicyclic amines) is 1. The number of pyridine rings is 1. The number of nitrogens with zero attached hydrogens (tertiary/aromatic N) is 1. The minimum atomic E-state index is -0.851. The van der Waals surface area contributed by atoms with Gasteiger partial charge in [-0.05, 0) is 25.3 Å². The monoisotopic (exact) mass is 278 g/mol. The smallest absolute Gasteiger partial charge is 0.311 e. The van der Waals surface area contributed by atoms with Crippen LogP contribution in [0.25, 0.3) is 0 Å². The topological polar surface area (TPSA) is 90.5 Å². The number of carboxylic acids is 1. The van der Waals surface area contributed by atoms with Crippen LogP contribution in [-0.4, -0.2) is 40.0 Å². The van der Waals surface area contributed by atoms with Crippen LogP contribution in [0.15, 0.2) is 23.1 Å². The summed E-state index contributed by atoms with van der Waals surface area (Å²) in [6.45, 7) is 2.60. The van der Waals surface area contributed by atoms with E-state index in [9.17, 15) is 19.5 Å². The van der Waals surface area contributed by atoms with Gasteiger partial charge in [-0.25, -0.2) is 0 Å². The van der Waals surface area contributed by atoms with E-state index in [0.29, 0.717) is 31.4 Å². The van der Waals surface area contributed by atoms with Gasteiger partial charge in [0.2, 0.25) is 5.56 Å². The van der Waals surface area contributed by atoms with Crippen molar-refractivity contribution in [3.63, 3.8) is 0 Å². The first-order valence-corrected chi connectivity index (χ1v) is 6.70. The van der Waals surface area contributed by atoms with Crippen molar-refractivity contribution in [2.75, 3.05) is 13.1 Å². The third kappa shape index (κ3) is 2.59. The number of piperidine rings is 1. The third-order valence-corrected chi connectivity index (χ3v) is 4.03. The molecule has 1 amide bonds. The van der Waals surface area contributed by atoms with Crippen molar-refractivity contribution in [2.45, 2.75) is 26.2 Å². The van der Waals surface area contributed by atoms with Crippen LogP contribution in [0.2, 0.25) is 0 Å². The van der Waals surface area contributed by atoms with E-state index in [1.165, 1.54) is 18.3 Å². The lowest BCUT2D eigenvalue weighted by atomic mass is 9.77. The lowest BCUT2D eigenvalue weighted by molar-refractivity contribution is -0.152. The highest BCUT2D eigenvalue weighted by molar-refractivity contribution is 5.94. The Labute approximate surface area is 116 Å². The summed E-state index contributed by atoms with van der Waals surface area (Å²) in [6.07, 6.45) is 3.13. The van der Waals surface area contributed by atoms with E-state index in [-0.39, 0.29) is 18.0 Å². The van der Waals surface area contributed by atoms with E-state index >= 15 is 0 Å². The molecule has 0 aromatic carbocycles. The van der Waals surface area contributed by atoms with Gasteiger partial charge >= 0.3 is 5.97 Å². The summed E-state index contributed by atoms with van der Waals surface area (Å²) in [5.41, 5.74) is -0.744. The van der Waals surface area contributed by atoms with Gasteiger partial charge in [-0.3, -0.25) is 14.4 Å². The van der Waals surface area contributed by atoms with Gasteiger partial charge in [0, 0.05) is 25.4 Å². The number of H-pyrrole nitrogens is 1. The highest BCUT2D eigenvalue weighted by Crippen LogP contribution is 2.34. The molecule has 2 heterocycles.